The highest BCUT2D eigenvalue weighted by Gasteiger charge is 2.02. The summed E-state index contributed by atoms with van der Waals surface area (Å²) in [6.07, 6.45) is 4.02. The third kappa shape index (κ3) is 2.63. The number of anilines is 1. The van der Waals surface area contributed by atoms with Gasteiger partial charge in [-0.2, -0.15) is 5.10 Å². The number of aromatic nitrogens is 2. The van der Waals surface area contributed by atoms with Crippen LogP contribution < -0.4 is 5.32 Å². The van der Waals surface area contributed by atoms with E-state index >= 15 is 0 Å². The number of fused-ring (bicyclic) bond motifs is 1. The van der Waals surface area contributed by atoms with E-state index in [9.17, 15) is 0 Å². The average molecular weight is 271 g/mol. The third-order valence-corrected chi connectivity index (χ3v) is 4.03. The number of hydrogen-bond donors (Lipinski definition) is 1. The van der Waals surface area contributed by atoms with Crippen molar-refractivity contribution < 1.29 is 0 Å². The normalized spacial score (nSPS) is 11.3. The highest BCUT2D eigenvalue weighted by Crippen LogP contribution is 2.24. The molecule has 0 aliphatic heterocycles. The van der Waals surface area contributed by atoms with Crippen LogP contribution in [0.15, 0.2) is 42.0 Å². The largest absolute Gasteiger partial charge is 0.381 e. The molecule has 3 rings (SSSR count). The van der Waals surface area contributed by atoms with E-state index in [1.165, 1.54) is 15.6 Å². The lowest BCUT2D eigenvalue weighted by atomic mass is 10.2. The van der Waals surface area contributed by atoms with Crippen molar-refractivity contribution in [2.24, 2.45) is 0 Å². The van der Waals surface area contributed by atoms with Crippen LogP contribution in [-0.2, 0) is 6.54 Å². The second kappa shape index (κ2) is 5.05. The van der Waals surface area contributed by atoms with Crippen LogP contribution in [0.1, 0.15) is 25.5 Å². The molecule has 0 saturated heterocycles. The van der Waals surface area contributed by atoms with Crippen LogP contribution >= 0.6 is 11.3 Å². The van der Waals surface area contributed by atoms with Crippen molar-refractivity contribution in [1.29, 1.82) is 0 Å². The predicted octanol–water partition coefficient (Wildman–Crippen LogP) is 4.29. The van der Waals surface area contributed by atoms with E-state index in [1.807, 2.05) is 10.9 Å². The van der Waals surface area contributed by atoms with Crippen molar-refractivity contribution >= 4 is 27.1 Å². The second-order valence-electron chi connectivity index (χ2n) is 4.95. The van der Waals surface area contributed by atoms with Gasteiger partial charge in [-0.05, 0) is 48.9 Å². The van der Waals surface area contributed by atoms with Crippen LogP contribution in [0.2, 0.25) is 0 Å². The molecule has 0 aliphatic rings. The second-order valence-corrected chi connectivity index (χ2v) is 5.90. The number of thiophene rings is 1. The molecule has 3 nitrogen and oxygen atoms in total. The fourth-order valence-electron chi connectivity index (χ4n) is 2.03. The van der Waals surface area contributed by atoms with Crippen molar-refractivity contribution in [2.45, 2.75) is 26.4 Å². The summed E-state index contributed by atoms with van der Waals surface area (Å²) < 4.78 is 3.32. The number of rotatable bonds is 4. The first-order valence-electron chi connectivity index (χ1n) is 6.46. The zero-order valence-electron chi connectivity index (χ0n) is 11.1. The third-order valence-electron chi connectivity index (χ3n) is 3.13. The fraction of sp³-hybridized carbons (Fsp3) is 0.267. The molecule has 19 heavy (non-hydrogen) atoms. The van der Waals surface area contributed by atoms with Gasteiger partial charge in [-0.15, -0.1) is 11.3 Å². The molecular formula is C15H17N3S. The van der Waals surface area contributed by atoms with E-state index in [0.717, 1.165) is 12.2 Å². The highest BCUT2D eigenvalue weighted by molar-refractivity contribution is 7.17. The van der Waals surface area contributed by atoms with Gasteiger partial charge >= 0.3 is 0 Å². The Morgan fingerprint density at radius 3 is 3.00 bits per heavy atom. The Hall–Kier alpha value is -1.81. The molecule has 0 atom stereocenters. The van der Waals surface area contributed by atoms with Crippen molar-refractivity contribution in [2.75, 3.05) is 5.32 Å². The summed E-state index contributed by atoms with van der Waals surface area (Å²) in [4.78, 5) is 0. The number of nitrogens with zero attached hydrogens (tertiary/aromatic N) is 2. The summed E-state index contributed by atoms with van der Waals surface area (Å²) >= 11 is 1.78. The molecule has 4 heteroatoms. The molecule has 3 aromatic rings. The van der Waals surface area contributed by atoms with E-state index < -0.39 is 0 Å². The maximum atomic E-state index is 4.35. The van der Waals surface area contributed by atoms with Crippen molar-refractivity contribution in [3.05, 3.63) is 47.6 Å². The minimum absolute atomic E-state index is 0.413. The van der Waals surface area contributed by atoms with E-state index in [2.05, 4.69) is 60.1 Å². The molecule has 0 fully saturated rings. The highest BCUT2D eigenvalue weighted by atomic mass is 32.1. The molecule has 0 unspecified atom stereocenters. The van der Waals surface area contributed by atoms with Crippen molar-refractivity contribution in [3.8, 4) is 0 Å². The topological polar surface area (TPSA) is 29.9 Å². The van der Waals surface area contributed by atoms with Gasteiger partial charge in [0.2, 0.25) is 0 Å². The summed E-state index contributed by atoms with van der Waals surface area (Å²) in [6, 6.07) is 9.06. The minimum Gasteiger partial charge on any atom is -0.381 e. The molecule has 0 aliphatic carbocycles. The Morgan fingerprint density at radius 1 is 1.32 bits per heavy atom. The summed E-state index contributed by atoms with van der Waals surface area (Å²) in [5, 5.41) is 11.2. The van der Waals surface area contributed by atoms with Crippen LogP contribution in [0.5, 0.6) is 0 Å². The van der Waals surface area contributed by atoms with Gasteiger partial charge in [0.25, 0.3) is 0 Å². The summed E-state index contributed by atoms with van der Waals surface area (Å²) in [6.45, 7) is 5.08. The molecule has 0 bridgehead atoms. The maximum Gasteiger partial charge on any atom is 0.0539 e. The average Bonchev–Trinajstić information content (AvgIpc) is 3.04. The van der Waals surface area contributed by atoms with Crippen LogP contribution in [0.25, 0.3) is 10.1 Å². The van der Waals surface area contributed by atoms with Gasteiger partial charge in [0.05, 0.1) is 6.20 Å². The quantitative estimate of drug-likeness (QED) is 0.767. The lowest BCUT2D eigenvalue weighted by Crippen LogP contribution is -2.01. The Balaban J connectivity index is 1.70. The molecule has 1 N–H and O–H groups in total. The number of hydrogen-bond acceptors (Lipinski definition) is 3. The molecule has 0 spiro atoms. The molecule has 0 saturated carbocycles. The first-order valence-corrected chi connectivity index (χ1v) is 7.34. The van der Waals surface area contributed by atoms with E-state index in [4.69, 9.17) is 0 Å². The molecule has 1 aromatic carbocycles. The van der Waals surface area contributed by atoms with E-state index in [-0.39, 0.29) is 0 Å². The Morgan fingerprint density at radius 2 is 2.21 bits per heavy atom. The zero-order valence-corrected chi connectivity index (χ0v) is 11.9. The standard InChI is InChI=1S/C15H17N3S/c1-11(2)18-10-12(9-17-18)8-16-14-3-4-15-13(7-14)5-6-19-15/h3-7,9-11,16H,8H2,1-2H3. The van der Waals surface area contributed by atoms with Crippen LogP contribution in [0.3, 0.4) is 0 Å². The lowest BCUT2D eigenvalue weighted by Gasteiger charge is -2.05. The van der Waals surface area contributed by atoms with Gasteiger partial charge in [0.15, 0.2) is 0 Å². The number of benzene rings is 1. The summed E-state index contributed by atoms with van der Waals surface area (Å²) in [7, 11) is 0. The first-order chi connectivity index (χ1) is 9.22. The lowest BCUT2D eigenvalue weighted by molar-refractivity contribution is 0.532. The van der Waals surface area contributed by atoms with Crippen LogP contribution in [-0.4, -0.2) is 9.78 Å². The van der Waals surface area contributed by atoms with Crippen LogP contribution in [0.4, 0.5) is 5.69 Å². The monoisotopic (exact) mass is 271 g/mol. The Bertz CT molecular complexity index is 681. The summed E-state index contributed by atoms with van der Waals surface area (Å²) in [5.41, 5.74) is 2.36. The molecule has 98 valence electrons. The SMILES string of the molecule is CC(C)n1cc(CNc2ccc3sccc3c2)cn1. The molecular weight excluding hydrogens is 254 g/mol. The Labute approximate surface area is 116 Å². The Kier molecular flexibility index (Phi) is 3.25. The minimum atomic E-state index is 0.413. The van der Waals surface area contributed by atoms with Crippen LogP contribution in [0, 0.1) is 0 Å². The van der Waals surface area contributed by atoms with Gasteiger partial charge in [0, 0.05) is 34.7 Å². The fourth-order valence-corrected chi connectivity index (χ4v) is 2.80. The zero-order chi connectivity index (χ0) is 13.2. The molecule has 2 aromatic heterocycles. The maximum absolute atomic E-state index is 4.35. The molecule has 0 amide bonds. The van der Waals surface area contributed by atoms with Gasteiger partial charge in [-0.25, -0.2) is 0 Å². The van der Waals surface area contributed by atoms with Gasteiger partial charge in [-0.3, -0.25) is 4.68 Å². The number of nitrogens with one attached hydrogen (secondary N) is 1. The van der Waals surface area contributed by atoms with Gasteiger partial charge in [0.1, 0.15) is 0 Å². The first kappa shape index (κ1) is 12.2. The van der Waals surface area contributed by atoms with E-state index in [0.29, 0.717) is 6.04 Å². The van der Waals surface area contributed by atoms with E-state index in [1.54, 1.807) is 11.3 Å². The smallest absolute Gasteiger partial charge is 0.0539 e. The molecule has 0 radical (unpaired) electrons. The predicted molar refractivity (Wildman–Crippen MR) is 81.8 cm³/mol. The van der Waals surface area contributed by atoms with Gasteiger partial charge in [-0.1, -0.05) is 0 Å². The summed E-state index contributed by atoms with van der Waals surface area (Å²) in [5.74, 6) is 0. The van der Waals surface area contributed by atoms with Crippen molar-refractivity contribution in [3.63, 3.8) is 0 Å². The van der Waals surface area contributed by atoms with Gasteiger partial charge < -0.3 is 5.32 Å². The van der Waals surface area contributed by atoms with Crippen molar-refractivity contribution in [1.82, 2.24) is 9.78 Å². The molecule has 2 heterocycles.